The lowest BCUT2D eigenvalue weighted by Crippen LogP contribution is -2.35. The number of amides is 1. The summed E-state index contributed by atoms with van der Waals surface area (Å²) in [5.41, 5.74) is 0. The third-order valence-electron chi connectivity index (χ3n) is 1.75. The summed E-state index contributed by atoms with van der Waals surface area (Å²) in [6.07, 6.45) is 0. The quantitative estimate of drug-likeness (QED) is 0.791. The smallest absolute Gasteiger partial charge is 0.251 e. The van der Waals surface area contributed by atoms with E-state index in [4.69, 9.17) is 0 Å². The van der Waals surface area contributed by atoms with E-state index in [1.54, 1.807) is 13.8 Å². The highest BCUT2D eigenvalue weighted by atomic mass is 19.2. The third-order valence-corrected chi connectivity index (χ3v) is 1.75. The van der Waals surface area contributed by atoms with E-state index in [1.165, 1.54) is 0 Å². The van der Waals surface area contributed by atoms with Crippen molar-refractivity contribution in [3.05, 3.63) is 23.6 Å². The van der Waals surface area contributed by atoms with E-state index >= 15 is 0 Å². The third kappa shape index (κ3) is 3.93. The van der Waals surface area contributed by atoms with Gasteiger partial charge < -0.3 is 10.6 Å². The monoisotopic (exact) mass is 247 g/mol. The number of anilines is 1. The van der Waals surface area contributed by atoms with Crippen molar-refractivity contribution in [1.82, 2.24) is 10.3 Å². The Morgan fingerprint density at radius 3 is 2.59 bits per heavy atom. The van der Waals surface area contributed by atoms with E-state index in [0.717, 1.165) is 0 Å². The minimum Gasteiger partial charge on any atom is -0.358 e. The Balaban J connectivity index is 2.63. The number of nitrogens with zero attached hydrogens (tertiary/aromatic N) is 1. The van der Waals surface area contributed by atoms with Crippen LogP contribution in [-0.4, -0.2) is 23.5 Å². The van der Waals surface area contributed by atoms with Gasteiger partial charge in [-0.2, -0.15) is 9.37 Å². The Morgan fingerprint density at radius 2 is 2.00 bits per heavy atom. The standard InChI is InChI=1S/C10H12F3N3O/c1-5(2)15-8(17)4-14-10-7(12)3-6(11)9(13)16-10/h3,5H,4H2,1-2H3,(H,14,16)(H,15,17). The molecule has 0 fully saturated rings. The van der Waals surface area contributed by atoms with Crippen molar-refractivity contribution in [2.24, 2.45) is 0 Å². The summed E-state index contributed by atoms with van der Waals surface area (Å²) >= 11 is 0. The highest BCUT2D eigenvalue weighted by Crippen LogP contribution is 2.13. The highest BCUT2D eigenvalue weighted by Gasteiger charge is 2.12. The number of aromatic nitrogens is 1. The Hall–Kier alpha value is -1.79. The van der Waals surface area contributed by atoms with Gasteiger partial charge in [-0.1, -0.05) is 0 Å². The summed E-state index contributed by atoms with van der Waals surface area (Å²) < 4.78 is 38.3. The molecule has 0 bridgehead atoms. The number of hydrogen-bond acceptors (Lipinski definition) is 3. The van der Waals surface area contributed by atoms with E-state index < -0.39 is 29.3 Å². The molecular formula is C10H12F3N3O. The van der Waals surface area contributed by atoms with Crippen molar-refractivity contribution in [2.75, 3.05) is 11.9 Å². The molecule has 0 unspecified atom stereocenters. The molecule has 0 aromatic carbocycles. The fraction of sp³-hybridized carbons (Fsp3) is 0.400. The normalized spacial score (nSPS) is 10.5. The summed E-state index contributed by atoms with van der Waals surface area (Å²) in [6.45, 7) is 3.25. The molecular weight excluding hydrogens is 235 g/mol. The summed E-state index contributed by atoms with van der Waals surface area (Å²) in [7, 11) is 0. The zero-order valence-electron chi connectivity index (χ0n) is 9.35. The number of carbonyl (C=O) groups excluding carboxylic acids is 1. The fourth-order valence-corrected chi connectivity index (χ4v) is 1.11. The van der Waals surface area contributed by atoms with Crippen molar-refractivity contribution in [3.63, 3.8) is 0 Å². The Morgan fingerprint density at radius 1 is 1.35 bits per heavy atom. The molecule has 0 aliphatic carbocycles. The largest absolute Gasteiger partial charge is 0.358 e. The molecule has 4 nitrogen and oxygen atoms in total. The molecule has 17 heavy (non-hydrogen) atoms. The van der Waals surface area contributed by atoms with Crippen LogP contribution < -0.4 is 10.6 Å². The lowest BCUT2D eigenvalue weighted by atomic mass is 10.4. The average molecular weight is 247 g/mol. The van der Waals surface area contributed by atoms with Gasteiger partial charge in [0, 0.05) is 12.1 Å². The molecule has 1 aromatic rings. The Labute approximate surface area is 96.2 Å². The summed E-state index contributed by atoms with van der Waals surface area (Å²) in [6, 6.07) is 0.303. The van der Waals surface area contributed by atoms with Gasteiger partial charge in [0.05, 0.1) is 6.54 Å². The van der Waals surface area contributed by atoms with Crippen LogP contribution in [0.4, 0.5) is 19.0 Å². The first-order valence-electron chi connectivity index (χ1n) is 4.95. The molecule has 0 spiro atoms. The van der Waals surface area contributed by atoms with Gasteiger partial charge in [0.2, 0.25) is 5.91 Å². The van der Waals surface area contributed by atoms with Crippen LogP contribution in [0.2, 0.25) is 0 Å². The maximum Gasteiger partial charge on any atom is 0.251 e. The second kappa shape index (κ2) is 5.51. The van der Waals surface area contributed by atoms with E-state index in [1.807, 2.05) is 0 Å². The highest BCUT2D eigenvalue weighted by molar-refractivity contribution is 5.80. The average Bonchev–Trinajstić information content (AvgIpc) is 2.20. The molecule has 0 saturated carbocycles. The van der Waals surface area contributed by atoms with E-state index in [0.29, 0.717) is 6.07 Å². The van der Waals surface area contributed by atoms with Crippen LogP contribution >= 0.6 is 0 Å². The van der Waals surface area contributed by atoms with Gasteiger partial charge in [-0.3, -0.25) is 4.79 Å². The van der Waals surface area contributed by atoms with Crippen molar-refractivity contribution in [3.8, 4) is 0 Å². The predicted molar refractivity (Wildman–Crippen MR) is 55.9 cm³/mol. The summed E-state index contributed by atoms with van der Waals surface area (Å²) in [5.74, 6) is -4.74. The molecule has 0 atom stereocenters. The molecule has 0 saturated heterocycles. The van der Waals surface area contributed by atoms with Crippen molar-refractivity contribution >= 4 is 11.7 Å². The Kier molecular flexibility index (Phi) is 4.30. The Bertz CT molecular complexity index is 424. The maximum atomic E-state index is 13.1. The number of hydrogen-bond donors (Lipinski definition) is 2. The van der Waals surface area contributed by atoms with Crippen LogP contribution in [0.5, 0.6) is 0 Å². The zero-order chi connectivity index (χ0) is 13.0. The molecule has 94 valence electrons. The molecule has 1 rings (SSSR count). The number of carbonyl (C=O) groups is 1. The second-order valence-corrected chi connectivity index (χ2v) is 3.67. The molecule has 1 heterocycles. The lowest BCUT2D eigenvalue weighted by molar-refractivity contribution is -0.119. The van der Waals surface area contributed by atoms with Crippen LogP contribution in [0.25, 0.3) is 0 Å². The maximum absolute atomic E-state index is 13.1. The van der Waals surface area contributed by atoms with Gasteiger partial charge >= 0.3 is 0 Å². The summed E-state index contributed by atoms with van der Waals surface area (Å²) in [5, 5.41) is 4.82. The zero-order valence-corrected chi connectivity index (χ0v) is 9.35. The number of pyridine rings is 1. The molecule has 2 N–H and O–H groups in total. The van der Waals surface area contributed by atoms with Gasteiger partial charge in [0.15, 0.2) is 17.5 Å². The second-order valence-electron chi connectivity index (χ2n) is 3.67. The van der Waals surface area contributed by atoms with Crippen molar-refractivity contribution in [2.45, 2.75) is 19.9 Å². The van der Waals surface area contributed by atoms with Crippen molar-refractivity contribution < 1.29 is 18.0 Å². The number of nitrogens with one attached hydrogen (secondary N) is 2. The minimum absolute atomic E-state index is 0.0629. The first-order valence-corrected chi connectivity index (χ1v) is 4.95. The van der Waals surface area contributed by atoms with Gasteiger partial charge in [-0.05, 0) is 13.8 Å². The molecule has 0 radical (unpaired) electrons. The van der Waals surface area contributed by atoms with Gasteiger partial charge in [-0.15, -0.1) is 0 Å². The molecule has 0 aliphatic rings. The number of halogens is 3. The SMILES string of the molecule is CC(C)NC(=O)CNc1nc(F)c(F)cc1F. The predicted octanol–water partition coefficient (Wildman–Crippen LogP) is 1.44. The molecule has 7 heteroatoms. The van der Waals surface area contributed by atoms with E-state index in [-0.39, 0.29) is 12.6 Å². The first kappa shape index (κ1) is 13.3. The van der Waals surface area contributed by atoms with E-state index in [2.05, 4.69) is 15.6 Å². The first-order chi connectivity index (χ1) is 7.90. The van der Waals surface area contributed by atoms with Crippen LogP contribution in [-0.2, 0) is 4.79 Å². The lowest BCUT2D eigenvalue weighted by Gasteiger charge is -2.10. The van der Waals surface area contributed by atoms with E-state index in [9.17, 15) is 18.0 Å². The van der Waals surface area contributed by atoms with Gasteiger partial charge in [0.25, 0.3) is 5.95 Å². The minimum atomic E-state index is -1.42. The van der Waals surface area contributed by atoms with Crippen LogP contribution in [0, 0.1) is 17.6 Å². The van der Waals surface area contributed by atoms with Crippen LogP contribution in [0.15, 0.2) is 6.07 Å². The molecule has 1 aromatic heterocycles. The fourth-order valence-electron chi connectivity index (χ4n) is 1.11. The molecule has 1 amide bonds. The summed E-state index contributed by atoms with van der Waals surface area (Å²) in [4.78, 5) is 14.2. The van der Waals surface area contributed by atoms with Crippen LogP contribution in [0.1, 0.15) is 13.8 Å². The van der Waals surface area contributed by atoms with Gasteiger partial charge in [0.1, 0.15) is 0 Å². The van der Waals surface area contributed by atoms with Crippen molar-refractivity contribution in [1.29, 1.82) is 0 Å². The van der Waals surface area contributed by atoms with Gasteiger partial charge in [-0.25, -0.2) is 8.78 Å². The van der Waals surface area contributed by atoms with Crippen LogP contribution in [0.3, 0.4) is 0 Å². The topological polar surface area (TPSA) is 54.0 Å². The molecule has 0 aliphatic heterocycles. The number of rotatable bonds is 4.